The van der Waals surface area contributed by atoms with Gasteiger partial charge in [0.15, 0.2) is 9.34 Å². The first-order chi connectivity index (χ1) is 8.40. The Hall–Kier alpha value is -0.960. The summed E-state index contributed by atoms with van der Waals surface area (Å²) in [5.74, 6) is 0. The number of nitrogen functional groups attached to an aromatic ring is 1. The number of thiazole rings is 1. The summed E-state index contributed by atoms with van der Waals surface area (Å²) in [7, 11) is -3.56. The van der Waals surface area contributed by atoms with Gasteiger partial charge in [-0.3, -0.25) is 0 Å². The van der Waals surface area contributed by atoms with Crippen LogP contribution in [0, 0.1) is 6.92 Å². The van der Waals surface area contributed by atoms with Crippen molar-refractivity contribution in [3.8, 4) is 0 Å². The van der Waals surface area contributed by atoms with E-state index < -0.39 is 10.0 Å². The van der Waals surface area contributed by atoms with Gasteiger partial charge in [-0.2, -0.15) is 11.3 Å². The van der Waals surface area contributed by atoms with Crippen LogP contribution < -0.4 is 10.5 Å². The number of hydrogen-bond donors (Lipinski definition) is 2. The minimum absolute atomic E-state index is 0.182. The zero-order chi connectivity index (χ0) is 13.3. The van der Waals surface area contributed by atoms with Crippen molar-refractivity contribution in [2.45, 2.75) is 24.1 Å². The van der Waals surface area contributed by atoms with E-state index in [4.69, 9.17) is 5.73 Å². The Labute approximate surface area is 114 Å². The van der Waals surface area contributed by atoms with Crippen LogP contribution in [-0.4, -0.2) is 13.4 Å². The Morgan fingerprint density at radius 2 is 2.22 bits per heavy atom. The fraction of sp³-hybridized carbons (Fsp3) is 0.300. The van der Waals surface area contributed by atoms with Crippen molar-refractivity contribution in [2.75, 3.05) is 5.73 Å². The minimum atomic E-state index is -3.56. The highest BCUT2D eigenvalue weighted by Gasteiger charge is 2.23. The van der Waals surface area contributed by atoms with E-state index >= 15 is 0 Å². The molecule has 2 aromatic heterocycles. The normalized spacial score (nSPS) is 13.7. The lowest BCUT2D eigenvalue weighted by atomic mass is 10.2. The molecule has 0 saturated heterocycles. The van der Waals surface area contributed by atoms with E-state index in [2.05, 4.69) is 9.71 Å². The molecule has 0 aromatic carbocycles. The van der Waals surface area contributed by atoms with Crippen molar-refractivity contribution in [2.24, 2.45) is 0 Å². The molecule has 0 spiro atoms. The molecule has 0 saturated carbocycles. The van der Waals surface area contributed by atoms with Gasteiger partial charge in [-0.05, 0) is 36.2 Å². The van der Waals surface area contributed by atoms with Gasteiger partial charge < -0.3 is 5.73 Å². The molecule has 1 atom stereocenters. The minimum Gasteiger partial charge on any atom is -0.375 e. The van der Waals surface area contributed by atoms with Crippen molar-refractivity contribution < 1.29 is 8.42 Å². The van der Waals surface area contributed by atoms with Crippen molar-refractivity contribution in [1.82, 2.24) is 9.71 Å². The second kappa shape index (κ2) is 4.96. The molecule has 2 rings (SSSR count). The number of nitrogens with zero attached hydrogens (tertiary/aromatic N) is 1. The Kier molecular flexibility index (Phi) is 3.71. The molecule has 2 heterocycles. The smallest absolute Gasteiger partial charge is 0.252 e. The maximum absolute atomic E-state index is 12.2. The number of aromatic nitrogens is 1. The summed E-state index contributed by atoms with van der Waals surface area (Å²) < 4.78 is 27.2. The molecule has 0 fully saturated rings. The van der Waals surface area contributed by atoms with Gasteiger partial charge >= 0.3 is 0 Å². The summed E-state index contributed by atoms with van der Waals surface area (Å²) in [6.07, 6.45) is 0. The third-order valence-electron chi connectivity index (χ3n) is 2.39. The van der Waals surface area contributed by atoms with E-state index in [9.17, 15) is 8.42 Å². The summed E-state index contributed by atoms with van der Waals surface area (Å²) >= 11 is 2.51. The van der Waals surface area contributed by atoms with E-state index in [-0.39, 0.29) is 15.4 Å². The quantitative estimate of drug-likeness (QED) is 0.906. The standard InChI is InChI=1S/C10H13N3O2S3/c1-6(8-3-4-16-5-8)13-18(14,15)9-7(2)12-10(11)17-9/h3-6,13H,1-2H3,(H2,11,12). The summed E-state index contributed by atoms with van der Waals surface area (Å²) in [5.41, 5.74) is 6.89. The first-order valence-corrected chi connectivity index (χ1v) is 8.41. The molecule has 0 amide bonds. The lowest BCUT2D eigenvalue weighted by Crippen LogP contribution is -2.26. The molecule has 18 heavy (non-hydrogen) atoms. The van der Waals surface area contributed by atoms with Crippen LogP contribution in [0.1, 0.15) is 24.2 Å². The van der Waals surface area contributed by atoms with Crippen molar-refractivity contribution in [3.63, 3.8) is 0 Å². The maximum atomic E-state index is 12.2. The number of thiophene rings is 1. The highest BCUT2D eigenvalue weighted by atomic mass is 32.2. The van der Waals surface area contributed by atoms with Crippen LogP contribution in [0.15, 0.2) is 21.0 Å². The summed E-state index contributed by atoms with van der Waals surface area (Å²) in [6.45, 7) is 3.44. The SMILES string of the molecule is Cc1nc(N)sc1S(=O)(=O)NC(C)c1ccsc1. The zero-order valence-electron chi connectivity index (χ0n) is 9.88. The third-order valence-corrected chi connectivity index (χ3v) is 6.23. The first-order valence-electron chi connectivity index (χ1n) is 5.17. The average molecular weight is 303 g/mol. The number of rotatable bonds is 4. The van der Waals surface area contributed by atoms with Gasteiger partial charge in [-0.1, -0.05) is 11.3 Å². The van der Waals surface area contributed by atoms with Crippen LogP contribution in [0.2, 0.25) is 0 Å². The Balaban J connectivity index is 2.25. The number of nitrogens with one attached hydrogen (secondary N) is 1. The molecule has 0 bridgehead atoms. The van der Waals surface area contributed by atoms with Crippen molar-refractivity contribution in [1.29, 1.82) is 0 Å². The van der Waals surface area contributed by atoms with E-state index in [1.165, 1.54) is 11.3 Å². The number of anilines is 1. The van der Waals surface area contributed by atoms with Crippen LogP contribution in [0.3, 0.4) is 0 Å². The molecule has 8 heteroatoms. The molecule has 5 nitrogen and oxygen atoms in total. The number of aryl methyl sites for hydroxylation is 1. The van der Waals surface area contributed by atoms with Crippen LogP contribution in [0.25, 0.3) is 0 Å². The molecule has 98 valence electrons. The lowest BCUT2D eigenvalue weighted by molar-refractivity contribution is 0.568. The van der Waals surface area contributed by atoms with Crippen molar-refractivity contribution in [3.05, 3.63) is 28.1 Å². The highest BCUT2D eigenvalue weighted by Crippen LogP contribution is 2.26. The first kappa shape index (κ1) is 13.5. The summed E-state index contributed by atoms with van der Waals surface area (Å²) in [6, 6.07) is 1.62. The van der Waals surface area contributed by atoms with Gasteiger partial charge in [0.25, 0.3) is 10.0 Å². The van der Waals surface area contributed by atoms with Crippen LogP contribution >= 0.6 is 22.7 Å². The molecule has 0 aliphatic carbocycles. The molecular weight excluding hydrogens is 290 g/mol. The highest BCUT2D eigenvalue weighted by molar-refractivity contribution is 7.91. The molecule has 1 unspecified atom stereocenters. The van der Waals surface area contributed by atoms with Gasteiger partial charge in [0, 0.05) is 6.04 Å². The van der Waals surface area contributed by atoms with Gasteiger partial charge in [-0.15, -0.1) is 0 Å². The second-order valence-corrected chi connectivity index (χ2v) is 7.54. The zero-order valence-corrected chi connectivity index (χ0v) is 12.3. The number of sulfonamides is 1. The molecule has 0 aliphatic heterocycles. The van der Waals surface area contributed by atoms with E-state index in [1.54, 1.807) is 13.8 Å². The van der Waals surface area contributed by atoms with E-state index in [0.717, 1.165) is 16.9 Å². The predicted octanol–water partition coefficient (Wildman–Crippen LogP) is 2.13. The van der Waals surface area contributed by atoms with Gasteiger partial charge in [0.05, 0.1) is 5.69 Å². The molecule has 0 aliphatic rings. The maximum Gasteiger partial charge on any atom is 0.252 e. The predicted molar refractivity (Wildman–Crippen MR) is 74.3 cm³/mol. The van der Waals surface area contributed by atoms with Crippen molar-refractivity contribution >= 4 is 37.8 Å². The van der Waals surface area contributed by atoms with Gasteiger partial charge in [-0.25, -0.2) is 18.1 Å². The monoisotopic (exact) mass is 303 g/mol. The van der Waals surface area contributed by atoms with Crippen LogP contribution in [0.5, 0.6) is 0 Å². The largest absolute Gasteiger partial charge is 0.375 e. The third kappa shape index (κ3) is 2.72. The molecular formula is C10H13N3O2S3. The molecule has 2 aromatic rings. The van der Waals surface area contributed by atoms with E-state index in [0.29, 0.717) is 5.69 Å². The van der Waals surface area contributed by atoms with Crippen LogP contribution in [0.4, 0.5) is 5.13 Å². The van der Waals surface area contributed by atoms with E-state index in [1.807, 2.05) is 16.8 Å². The second-order valence-electron chi connectivity index (χ2n) is 3.82. The summed E-state index contributed by atoms with van der Waals surface area (Å²) in [5, 5.41) is 4.09. The summed E-state index contributed by atoms with van der Waals surface area (Å²) in [4.78, 5) is 3.93. The van der Waals surface area contributed by atoms with Gasteiger partial charge in [0.2, 0.25) is 0 Å². The lowest BCUT2D eigenvalue weighted by Gasteiger charge is -2.12. The van der Waals surface area contributed by atoms with Gasteiger partial charge in [0.1, 0.15) is 0 Å². The Bertz CT molecular complexity index is 631. The average Bonchev–Trinajstić information content (AvgIpc) is 2.86. The Morgan fingerprint density at radius 3 is 2.72 bits per heavy atom. The number of nitrogens with two attached hydrogens (primary N) is 1. The topological polar surface area (TPSA) is 85.1 Å². The number of hydrogen-bond acceptors (Lipinski definition) is 6. The molecule has 0 radical (unpaired) electrons. The fourth-order valence-electron chi connectivity index (χ4n) is 1.53. The fourth-order valence-corrected chi connectivity index (χ4v) is 4.83. The molecule has 3 N–H and O–H groups in total. The Morgan fingerprint density at radius 1 is 1.50 bits per heavy atom. The van der Waals surface area contributed by atoms with Crippen LogP contribution in [-0.2, 0) is 10.0 Å².